The van der Waals surface area contributed by atoms with Crippen LogP contribution in [-0.2, 0) is 4.79 Å². The average molecular weight is 213 g/mol. The first-order valence-electron chi connectivity index (χ1n) is 4.35. The van der Waals surface area contributed by atoms with Gasteiger partial charge in [0.25, 0.3) is 0 Å². The number of benzene rings is 1. The van der Waals surface area contributed by atoms with Crippen LogP contribution >= 0.6 is 0 Å². The number of hydrogen-bond donors (Lipinski definition) is 2. The maximum atomic E-state index is 13.3. The number of rotatable bonds is 4. The number of carbonyl (C=O) groups is 1. The van der Waals surface area contributed by atoms with Crippen molar-refractivity contribution in [3.63, 3.8) is 0 Å². The summed E-state index contributed by atoms with van der Waals surface area (Å²) in [5, 5.41) is 8.53. The van der Waals surface area contributed by atoms with E-state index >= 15 is 0 Å². The molecule has 0 fully saturated rings. The van der Waals surface area contributed by atoms with Crippen LogP contribution in [0.2, 0.25) is 0 Å². The Morgan fingerprint density at radius 2 is 2.33 bits per heavy atom. The lowest BCUT2D eigenvalue weighted by atomic mass is 10.0. The van der Waals surface area contributed by atoms with E-state index in [9.17, 15) is 9.18 Å². The zero-order valence-electron chi connectivity index (χ0n) is 8.24. The number of methoxy groups -OCH3 is 1. The quantitative estimate of drug-likeness (QED) is 0.790. The highest BCUT2D eigenvalue weighted by Crippen LogP contribution is 2.22. The zero-order chi connectivity index (χ0) is 11.4. The summed E-state index contributed by atoms with van der Waals surface area (Å²) >= 11 is 0. The molecule has 1 aromatic carbocycles. The Bertz CT molecular complexity index is 368. The topological polar surface area (TPSA) is 72.5 Å². The summed E-state index contributed by atoms with van der Waals surface area (Å²) in [6.07, 6.45) is -0.315. The van der Waals surface area contributed by atoms with Crippen molar-refractivity contribution >= 4 is 5.97 Å². The third kappa shape index (κ3) is 2.92. The van der Waals surface area contributed by atoms with Crippen LogP contribution in [-0.4, -0.2) is 18.2 Å². The second kappa shape index (κ2) is 4.75. The summed E-state index contributed by atoms with van der Waals surface area (Å²) in [6, 6.07) is 3.20. The summed E-state index contributed by atoms with van der Waals surface area (Å²) in [6.45, 7) is 0. The van der Waals surface area contributed by atoms with E-state index in [0.29, 0.717) is 5.75 Å². The van der Waals surface area contributed by atoms with Crippen molar-refractivity contribution in [2.75, 3.05) is 7.11 Å². The van der Waals surface area contributed by atoms with Gasteiger partial charge in [-0.3, -0.25) is 4.79 Å². The van der Waals surface area contributed by atoms with Gasteiger partial charge < -0.3 is 15.6 Å². The molecule has 0 saturated heterocycles. The summed E-state index contributed by atoms with van der Waals surface area (Å²) < 4.78 is 18.2. The summed E-state index contributed by atoms with van der Waals surface area (Å²) in [5.41, 5.74) is 5.69. The fourth-order valence-corrected chi connectivity index (χ4v) is 1.23. The minimum absolute atomic E-state index is 0.150. The highest BCUT2D eigenvalue weighted by molar-refractivity contribution is 5.68. The van der Waals surface area contributed by atoms with Crippen molar-refractivity contribution in [1.29, 1.82) is 0 Å². The molecule has 1 atom stereocenters. The monoisotopic (exact) mass is 213 g/mol. The molecule has 0 aliphatic rings. The Hall–Kier alpha value is -1.62. The predicted octanol–water partition coefficient (Wildman–Crippen LogP) is 1.31. The van der Waals surface area contributed by atoms with Crippen LogP contribution in [0, 0.1) is 5.82 Å². The minimum Gasteiger partial charge on any atom is -0.497 e. The van der Waals surface area contributed by atoms with E-state index in [1.807, 2.05) is 0 Å². The highest BCUT2D eigenvalue weighted by Gasteiger charge is 2.15. The van der Waals surface area contributed by atoms with Crippen molar-refractivity contribution in [2.24, 2.45) is 5.73 Å². The first-order valence-corrected chi connectivity index (χ1v) is 4.35. The van der Waals surface area contributed by atoms with Gasteiger partial charge in [0.15, 0.2) is 0 Å². The van der Waals surface area contributed by atoms with E-state index in [1.165, 1.54) is 25.3 Å². The van der Waals surface area contributed by atoms with Crippen LogP contribution in [0.15, 0.2) is 18.2 Å². The number of aliphatic carboxylic acids is 1. The van der Waals surface area contributed by atoms with Crippen LogP contribution in [0.3, 0.4) is 0 Å². The Labute approximate surface area is 86.5 Å². The second-order valence-corrected chi connectivity index (χ2v) is 3.09. The first-order chi connectivity index (χ1) is 7.04. The molecule has 0 saturated carbocycles. The van der Waals surface area contributed by atoms with Crippen molar-refractivity contribution in [2.45, 2.75) is 12.5 Å². The van der Waals surface area contributed by atoms with Crippen LogP contribution in [0.5, 0.6) is 5.75 Å². The third-order valence-electron chi connectivity index (χ3n) is 2.00. The molecule has 0 aliphatic heterocycles. The third-order valence-corrected chi connectivity index (χ3v) is 2.00. The van der Waals surface area contributed by atoms with Gasteiger partial charge in [-0.25, -0.2) is 4.39 Å². The molecule has 0 bridgehead atoms. The maximum absolute atomic E-state index is 13.3. The molecule has 0 spiro atoms. The average Bonchev–Trinajstić information content (AvgIpc) is 2.17. The number of ether oxygens (including phenoxy) is 1. The number of halogens is 1. The lowest BCUT2D eigenvalue weighted by molar-refractivity contribution is -0.137. The van der Waals surface area contributed by atoms with E-state index in [0.717, 1.165) is 0 Å². The van der Waals surface area contributed by atoms with Gasteiger partial charge >= 0.3 is 5.97 Å². The summed E-state index contributed by atoms with van der Waals surface area (Å²) in [7, 11) is 1.44. The molecule has 82 valence electrons. The van der Waals surface area contributed by atoms with Crippen molar-refractivity contribution in [3.8, 4) is 5.75 Å². The molecule has 1 rings (SSSR count). The van der Waals surface area contributed by atoms with Gasteiger partial charge in [-0.1, -0.05) is 0 Å². The van der Waals surface area contributed by atoms with Crippen molar-refractivity contribution < 1.29 is 19.0 Å². The number of hydrogen-bond acceptors (Lipinski definition) is 3. The van der Waals surface area contributed by atoms with Gasteiger partial charge in [0.2, 0.25) is 0 Å². The number of carboxylic acids is 1. The van der Waals surface area contributed by atoms with Crippen LogP contribution in [0.25, 0.3) is 0 Å². The molecule has 0 aromatic heterocycles. The van der Waals surface area contributed by atoms with Gasteiger partial charge in [0.1, 0.15) is 11.6 Å². The minimum atomic E-state index is -1.07. The van der Waals surface area contributed by atoms with Crippen molar-refractivity contribution in [1.82, 2.24) is 0 Å². The van der Waals surface area contributed by atoms with Crippen molar-refractivity contribution in [3.05, 3.63) is 29.6 Å². The van der Waals surface area contributed by atoms with Crippen LogP contribution < -0.4 is 10.5 Å². The van der Waals surface area contributed by atoms with Gasteiger partial charge in [-0.05, 0) is 18.2 Å². The molecule has 0 amide bonds. The predicted molar refractivity (Wildman–Crippen MR) is 52.1 cm³/mol. The summed E-state index contributed by atoms with van der Waals surface area (Å²) in [4.78, 5) is 10.4. The van der Waals surface area contributed by atoms with Gasteiger partial charge in [0.05, 0.1) is 13.5 Å². The Kier molecular flexibility index (Phi) is 3.62. The molecule has 3 N–H and O–H groups in total. The normalized spacial score (nSPS) is 12.2. The fraction of sp³-hybridized carbons (Fsp3) is 0.300. The highest BCUT2D eigenvalue weighted by atomic mass is 19.1. The molecular weight excluding hydrogens is 201 g/mol. The van der Waals surface area contributed by atoms with E-state index in [-0.39, 0.29) is 12.0 Å². The van der Waals surface area contributed by atoms with Crippen LogP contribution in [0.1, 0.15) is 18.0 Å². The number of carboxylic acid groups (broad SMARTS) is 1. The lowest BCUT2D eigenvalue weighted by Gasteiger charge is -2.11. The standard InChI is InChI=1S/C10H12FNO3/c1-15-6-2-3-8(11)7(4-6)9(12)5-10(13)14/h2-4,9H,5,12H2,1H3,(H,13,14)/t9-/m0/s1. The molecule has 0 aliphatic carbocycles. The zero-order valence-corrected chi connectivity index (χ0v) is 8.24. The Morgan fingerprint density at radius 3 is 2.87 bits per heavy atom. The SMILES string of the molecule is COc1ccc(F)c([C@@H](N)CC(=O)O)c1. The van der Waals surface area contributed by atoms with Gasteiger partial charge in [0, 0.05) is 11.6 Å². The number of nitrogens with two attached hydrogens (primary N) is 1. The molecular formula is C10H12FNO3. The maximum Gasteiger partial charge on any atom is 0.305 e. The van der Waals surface area contributed by atoms with Crippen LogP contribution in [0.4, 0.5) is 4.39 Å². The molecule has 1 aromatic rings. The smallest absolute Gasteiger partial charge is 0.305 e. The second-order valence-electron chi connectivity index (χ2n) is 3.09. The molecule has 4 nitrogen and oxygen atoms in total. The molecule has 15 heavy (non-hydrogen) atoms. The Balaban J connectivity index is 2.95. The van der Waals surface area contributed by atoms with E-state index in [1.54, 1.807) is 0 Å². The van der Waals surface area contributed by atoms with Gasteiger partial charge in [-0.15, -0.1) is 0 Å². The van der Waals surface area contributed by atoms with E-state index in [2.05, 4.69) is 0 Å². The Morgan fingerprint density at radius 1 is 1.67 bits per heavy atom. The largest absolute Gasteiger partial charge is 0.497 e. The lowest BCUT2D eigenvalue weighted by Crippen LogP contribution is -2.16. The molecule has 0 heterocycles. The van der Waals surface area contributed by atoms with E-state index in [4.69, 9.17) is 15.6 Å². The molecule has 0 radical (unpaired) electrons. The van der Waals surface area contributed by atoms with Gasteiger partial charge in [-0.2, -0.15) is 0 Å². The van der Waals surface area contributed by atoms with E-state index < -0.39 is 17.8 Å². The molecule has 0 unspecified atom stereocenters. The molecule has 5 heteroatoms. The first kappa shape index (κ1) is 11.5. The fourth-order valence-electron chi connectivity index (χ4n) is 1.23. The summed E-state index contributed by atoms with van der Waals surface area (Å²) in [5.74, 6) is -1.14.